The van der Waals surface area contributed by atoms with E-state index in [4.69, 9.17) is 20.0 Å². The number of β-amino-alcohol motifs (C(OH)–C–C–N with tert-alkyl or cyclic N) is 1. The second kappa shape index (κ2) is 33.2. The molecule has 0 bridgehead atoms. The Bertz CT molecular complexity index is 3580. The van der Waals surface area contributed by atoms with Crippen molar-refractivity contribution in [3.8, 4) is 33.3 Å². The van der Waals surface area contributed by atoms with Crippen LogP contribution in [0.1, 0.15) is 81.1 Å². The predicted molar refractivity (Wildman–Crippen MR) is 340 cm³/mol. The van der Waals surface area contributed by atoms with Gasteiger partial charge in [-0.1, -0.05) is 55.7 Å². The van der Waals surface area contributed by atoms with E-state index in [-0.39, 0.29) is 58.8 Å². The first-order valence-electron chi connectivity index (χ1n) is 31.6. The second-order valence-corrected chi connectivity index (χ2v) is 26.4. The zero-order valence-corrected chi connectivity index (χ0v) is 57.0. The summed E-state index contributed by atoms with van der Waals surface area (Å²) in [6.07, 6.45) is -5.37. The smallest absolute Gasteiger partial charge is 0.691 e. The van der Waals surface area contributed by atoms with E-state index in [1.165, 1.54) is 68.6 Å². The van der Waals surface area contributed by atoms with Gasteiger partial charge in [-0.05, 0) is 73.9 Å². The number of phenolic OH excluding ortho intramolecular Hbond substituents is 1. The number of primary amides is 1. The van der Waals surface area contributed by atoms with Crippen LogP contribution in [0.5, 0.6) is 11.5 Å². The van der Waals surface area contributed by atoms with Crippen LogP contribution >= 0.6 is 23.7 Å². The SMILES string of the molecule is CC(O)C1NC(=O)C(NC(=O)c2ccc(-c3cn4nc(-c5ccc(N6CCN(C7CCCCC7)CC6)cc5)sc4n3)cc2)CC(O)CNC(=O)C2C(O)C(C)CN2C(=O)C(C(O)CC(N)=O)NC(=O)C(C(O)Cc2ccc(O)c(OSOO[O-])c2)NC(=O)C2CC(O)CN2C1=O.[Na+]. The number of imidazole rings is 1. The molecule has 32 nitrogen and oxygen atoms in total. The number of nitrogens with zero attached hydrogens (tertiary/aromatic N) is 7. The van der Waals surface area contributed by atoms with Crippen LogP contribution in [0.3, 0.4) is 0 Å². The van der Waals surface area contributed by atoms with Crippen LogP contribution in [0.4, 0.5) is 5.69 Å². The van der Waals surface area contributed by atoms with Gasteiger partial charge in [-0.15, -0.1) is 4.33 Å². The van der Waals surface area contributed by atoms with Crippen molar-refractivity contribution in [2.45, 2.75) is 151 Å². The number of nitrogens with two attached hydrogens (primary N) is 1. The zero-order valence-electron chi connectivity index (χ0n) is 53.4. The van der Waals surface area contributed by atoms with E-state index < -0.39 is 177 Å². The Labute approximate surface area is 586 Å². The number of aliphatic hydroxyl groups is 6. The average Bonchev–Trinajstić information content (AvgIpc) is 1.67. The number of fused-ring (bicyclic) bond motifs is 3. The number of rotatable bonds is 17. The topological polar surface area (TPSA) is 458 Å². The number of aromatic hydroxyl groups is 1. The molecule has 3 aromatic carbocycles. The molecule has 0 spiro atoms. The van der Waals surface area contributed by atoms with Crippen molar-refractivity contribution in [3.05, 3.63) is 84.1 Å². The van der Waals surface area contributed by atoms with Gasteiger partial charge in [0.15, 0.2) is 11.5 Å². The molecule has 4 aliphatic heterocycles. The van der Waals surface area contributed by atoms with Crippen molar-refractivity contribution in [1.29, 1.82) is 0 Å². The molecule has 0 radical (unpaired) electrons. The average molecular weight is 1400 g/mol. The van der Waals surface area contributed by atoms with Crippen LogP contribution in [0.2, 0.25) is 0 Å². The van der Waals surface area contributed by atoms with Gasteiger partial charge in [0, 0.05) is 99.4 Å². The number of carbonyl (C=O) groups is 8. The summed E-state index contributed by atoms with van der Waals surface area (Å²) in [5.74, 6) is -11.1. The van der Waals surface area contributed by atoms with Gasteiger partial charge in [0.1, 0.15) is 41.3 Å². The third-order valence-electron chi connectivity index (χ3n) is 18.2. The van der Waals surface area contributed by atoms with E-state index >= 15 is 0 Å². The number of nitrogens with one attached hydrogen (secondary N) is 5. The van der Waals surface area contributed by atoms with Crippen LogP contribution in [0.25, 0.3) is 26.8 Å². The van der Waals surface area contributed by atoms with Crippen molar-refractivity contribution < 1.29 is 122 Å². The van der Waals surface area contributed by atoms with Crippen LogP contribution in [0.15, 0.2) is 72.9 Å². The maximum absolute atomic E-state index is 14.7. The largest absolute Gasteiger partial charge is 1.00 e. The molecule has 2 aromatic heterocycles. The summed E-state index contributed by atoms with van der Waals surface area (Å²) in [6.45, 7) is 4.92. The number of anilines is 1. The number of piperazine rings is 1. The van der Waals surface area contributed by atoms with Crippen molar-refractivity contribution >= 4 is 81.6 Å². The minimum atomic E-state index is -2.22. The molecule has 13 atom stereocenters. The van der Waals surface area contributed by atoms with Gasteiger partial charge < -0.3 is 92.2 Å². The molecule has 13 unspecified atom stereocenters. The summed E-state index contributed by atoms with van der Waals surface area (Å²) >= 11 is 1.40. The van der Waals surface area contributed by atoms with Gasteiger partial charge in [0.05, 0.1) is 54.9 Å². The summed E-state index contributed by atoms with van der Waals surface area (Å²) in [4.78, 5) is 126. The van der Waals surface area contributed by atoms with E-state index in [1.807, 2.05) is 0 Å². The summed E-state index contributed by atoms with van der Waals surface area (Å²) in [5.41, 5.74) is 8.74. The summed E-state index contributed by atoms with van der Waals surface area (Å²) in [6, 6.07) is 6.98. The number of benzene rings is 3. The van der Waals surface area contributed by atoms with E-state index in [9.17, 15) is 79.4 Å². The third kappa shape index (κ3) is 17.8. The maximum atomic E-state index is 14.7. The van der Waals surface area contributed by atoms with Crippen molar-refractivity contribution in [2.24, 2.45) is 11.7 Å². The molecule has 6 heterocycles. The van der Waals surface area contributed by atoms with Crippen LogP contribution in [-0.2, 0) is 49.4 Å². The first-order valence-corrected chi connectivity index (χ1v) is 33.1. The Morgan fingerprint density at radius 2 is 1.46 bits per heavy atom. The number of phenols is 1. The van der Waals surface area contributed by atoms with Crippen LogP contribution < -0.4 is 76.2 Å². The van der Waals surface area contributed by atoms with Crippen molar-refractivity contribution in [3.63, 3.8) is 0 Å². The minimum Gasteiger partial charge on any atom is -0.691 e. The molecular weight excluding hydrogens is 1320 g/mol. The fourth-order valence-electron chi connectivity index (χ4n) is 13.0. The van der Waals surface area contributed by atoms with E-state index in [2.05, 4.69) is 70.0 Å². The monoisotopic (exact) mass is 1400 g/mol. The summed E-state index contributed by atoms with van der Waals surface area (Å²) < 4.78 is 10.8. The van der Waals surface area contributed by atoms with E-state index in [1.54, 1.807) is 22.8 Å². The van der Waals surface area contributed by atoms with E-state index in [0.717, 1.165) is 71.3 Å². The fraction of sp³-hybridized carbons (Fsp3) is 0.516. The molecule has 5 fully saturated rings. The van der Waals surface area contributed by atoms with Gasteiger partial charge >= 0.3 is 29.6 Å². The summed E-state index contributed by atoms with van der Waals surface area (Å²) in [5, 5.41) is 110. The zero-order chi connectivity index (χ0) is 68.6. The number of aliphatic hydroxyl groups excluding tert-OH is 6. The number of carbonyl (C=O) groups excluding carboxylic acids is 8. The van der Waals surface area contributed by atoms with Gasteiger partial charge in [-0.2, -0.15) is 5.10 Å². The molecule has 4 saturated heterocycles. The first-order chi connectivity index (χ1) is 45.9. The van der Waals surface area contributed by atoms with E-state index in [0.29, 0.717) is 22.3 Å². The Morgan fingerprint density at radius 3 is 2.13 bits per heavy atom. The third-order valence-corrected chi connectivity index (χ3v) is 19.5. The second-order valence-electron chi connectivity index (χ2n) is 25.0. The quantitative estimate of drug-likeness (QED) is 0.0136. The molecule has 10 rings (SSSR count). The number of hydrogen-bond acceptors (Lipinski definition) is 25. The Hall–Kier alpha value is -7.13. The van der Waals surface area contributed by atoms with Gasteiger partial charge in [0.2, 0.25) is 46.3 Å². The molecule has 5 aromatic rings. The molecule has 97 heavy (non-hydrogen) atoms. The van der Waals surface area contributed by atoms with Crippen molar-refractivity contribution in [2.75, 3.05) is 50.7 Å². The maximum Gasteiger partial charge on any atom is 1.00 e. The standard InChI is InChI=1S/C62H79N13O19S2.Na/c1-31-28-74-52(53(31)83)58(88)64-27-39(77)24-41(65-54(84)35-11-9-34(10-12-35)42-30-75-62(66-42)95-59(70-75)36-13-15-38(16-14-36)72-20-18-71(19-21-72)37-6-4-3-5-7-37)55(85)67-49(32(2)76)60(89)73-29-40(78)25-43(73)56(86)68-50(57(87)69-51(61(74)90)46(81)26-48(63)82)45(80)22-33-8-17-44(79)47(23-33)92-96-94-93-91;/h8-17,23,30-32,37,39-41,43,45-46,49-53,76-81,83,91H,3-7,18-22,24-29H2,1-2H3,(H2,63,82)(H,64,88)(H,65,84)(H,67,85)(H,68,86)(H,69,87);/q;+1/p-1. The van der Waals surface area contributed by atoms with Crippen LogP contribution in [0, 0.1) is 5.92 Å². The fourth-order valence-corrected chi connectivity index (χ4v) is 14.2. The number of amides is 8. The first kappa shape index (κ1) is 74.1. The molecule has 5 aliphatic rings. The molecule has 518 valence electrons. The number of hydrogen-bond donors (Lipinski definition) is 13. The molecule has 14 N–H and O–H groups in total. The van der Waals surface area contributed by atoms with Gasteiger partial charge in [-0.3, -0.25) is 48.3 Å². The van der Waals surface area contributed by atoms with Crippen molar-refractivity contribution in [1.82, 2.24) is 55.9 Å². The normalized spacial score (nSPS) is 26.3. The molecule has 1 aliphatic carbocycles. The Kier molecular flexibility index (Phi) is 25.3. The summed E-state index contributed by atoms with van der Waals surface area (Å²) in [7, 11) is 0. The Morgan fingerprint density at radius 1 is 0.794 bits per heavy atom. The number of aromatic nitrogens is 3. The molecule has 35 heteroatoms. The molecule has 1 saturated carbocycles. The Balaban J connectivity index is 0.0000110. The minimum absolute atomic E-state index is 0. The van der Waals surface area contributed by atoms with Gasteiger partial charge in [-0.25, -0.2) is 9.50 Å². The van der Waals surface area contributed by atoms with Gasteiger partial charge in [0.25, 0.3) is 18.2 Å². The molecular formula is C62H78N13NaO19S2. The predicted octanol–water partition coefficient (Wildman–Crippen LogP) is -5.72. The molecule has 8 amide bonds. The van der Waals surface area contributed by atoms with Crippen LogP contribution in [-0.4, -0.2) is 237 Å².